The molecule has 6 heteroatoms. The molecule has 72 valence electrons. The fourth-order valence-electron chi connectivity index (χ4n) is 1.33. The summed E-state index contributed by atoms with van der Waals surface area (Å²) in [6.07, 6.45) is 0. The standard InChI is InChI=1S/C8H5NO5/c10-7-5(9(12)13)2-1-4-3-14-8(11)6(4)7/h1-2,10H,3H2. The average molecular weight is 195 g/mol. The number of aromatic hydroxyl groups is 1. The van der Waals surface area contributed by atoms with Crippen LogP contribution in [-0.4, -0.2) is 16.0 Å². The number of phenolic OH excluding ortho intramolecular Hbond substituents is 1. The normalized spacial score (nSPS) is 13.6. The summed E-state index contributed by atoms with van der Waals surface area (Å²) in [5, 5.41) is 19.8. The number of phenols is 1. The molecule has 1 aliphatic rings. The number of benzene rings is 1. The summed E-state index contributed by atoms with van der Waals surface area (Å²) in [7, 11) is 0. The van der Waals surface area contributed by atoms with Gasteiger partial charge in [-0.2, -0.15) is 0 Å². The quantitative estimate of drug-likeness (QED) is 0.409. The van der Waals surface area contributed by atoms with E-state index in [-0.39, 0.29) is 12.2 Å². The topological polar surface area (TPSA) is 89.7 Å². The smallest absolute Gasteiger partial charge is 0.342 e. The summed E-state index contributed by atoms with van der Waals surface area (Å²) in [5.74, 6) is -1.34. The third-order valence-electron chi connectivity index (χ3n) is 2.00. The molecule has 0 bridgehead atoms. The molecule has 1 aromatic carbocycles. The number of carbonyl (C=O) groups excluding carboxylic acids is 1. The van der Waals surface area contributed by atoms with Crippen LogP contribution in [0.15, 0.2) is 12.1 Å². The van der Waals surface area contributed by atoms with Crippen molar-refractivity contribution in [3.63, 3.8) is 0 Å². The van der Waals surface area contributed by atoms with Crippen molar-refractivity contribution in [2.45, 2.75) is 6.61 Å². The van der Waals surface area contributed by atoms with Crippen molar-refractivity contribution in [2.75, 3.05) is 0 Å². The van der Waals surface area contributed by atoms with Crippen LogP contribution in [0.5, 0.6) is 5.75 Å². The van der Waals surface area contributed by atoms with Crippen LogP contribution in [0.3, 0.4) is 0 Å². The number of cyclic esters (lactones) is 1. The lowest BCUT2D eigenvalue weighted by molar-refractivity contribution is -0.385. The van der Waals surface area contributed by atoms with Crippen LogP contribution in [0.2, 0.25) is 0 Å². The summed E-state index contributed by atoms with van der Waals surface area (Å²) >= 11 is 0. The van der Waals surface area contributed by atoms with Crippen molar-refractivity contribution in [1.29, 1.82) is 0 Å². The zero-order valence-electron chi connectivity index (χ0n) is 6.89. The lowest BCUT2D eigenvalue weighted by atomic mass is 10.1. The minimum Gasteiger partial charge on any atom is -0.501 e. The van der Waals surface area contributed by atoms with Crippen LogP contribution >= 0.6 is 0 Å². The molecule has 2 rings (SSSR count). The fourth-order valence-corrected chi connectivity index (χ4v) is 1.33. The molecule has 0 aliphatic carbocycles. The third kappa shape index (κ3) is 1.00. The Kier molecular flexibility index (Phi) is 1.63. The van der Waals surface area contributed by atoms with Crippen LogP contribution in [-0.2, 0) is 11.3 Å². The highest BCUT2D eigenvalue weighted by Crippen LogP contribution is 2.35. The van der Waals surface area contributed by atoms with Gasteiger partial charge in [0.05, 0.1) is 4.92 Å². The third-order valence-corrected chi connectivity index (χ3v) is 2.00. The Bertz CT molecular complexity index is 440. The van der Waals surface area contributed by atoms with Gasteiger partial charge in [-0.25, -0.2) is 4.79 Å². The van der Waals surface area contributed by atoms with Gasteiger partial charge < -0.3 is 9.84 Å². The molecule has 6 nitrogen and oxygen atoms in total. The van der Waals surface area contributed by atoms with Crippen molar-refractivity contribution in [1.82, 2.24) is 0 Å². The van der Waals surface area contributed by atoms with E-state index in [0.29, 0.717) is 5.56 Å². The van der Waals surface area contributed by atoms with Gasteiger partial charge >= 0.3 is 11.7 Å². The first kappa shape index (κ1) is 8.49. The number of esters is 1. The molecule has 0 spiro atoms. The monoisotopic (exact) mass is 195 g/mol. The van der Waals surface area contributed by atoms with E-state index in [2.05, 4.69) is 4.74 Å². The highest BCUT2D eigenvalue weighted by atomic mass is 16.6. The van der Waals surface area contributed by atoms with Crippen molar-refractivity contribution in [3.8, 4) is 5.75 Å². The molecular weight excluding hydrogens is 190 g/mol. The van der Waals surface area contributed by atoms with Gasteiger partial charge in [-0.3, -0.25) is 10.1 Å². The minimum atomic E-state index is -0.749. The van der Waals surface area contributed by atoms with Crippen LogP contribution in [0.1, 0.15) is 15.9 Å². The highest BCUT2D eigenvalue weighted by Gasteiger charge is 2.30. The van der Waals surface area contributed by atoms with Gasteiger partial charge in [0.25, 0.3) is 0 Å². The Morgan fingerprint density at radius 2 is 2.21 bits per heavy atom. The van der Waals surface area contributed by atoms with Crippen LogP contribution < -0.4 is 0 Å². The molecule has 14 heavy (non-hydrogen) atoms. The highest BCUT2D eigenvalue weighted by molar-refractivity contribution is 5.97. The SMILES string of the molecule is O=C1OCc2ccc([N+](=O)[O-])c(O)c21. The van der Waals surface area contributed by atoms with Crippen LogP contribution in [0.4, 0.5) is 5.69 Å². The molecule has 1 aromatic rings. The first-order valence-electron chi connectivity index (χ1n) is 3.77. The second-order valence-corrected chi connectivity index (χ2v) is 2.80. The molecule has 1 aliphatic heterocycles. The van der Waals surface area contributed by atoms with Gasteiger partial charge in [0, 0.05) is 11.6 Å². The van der Waals surface area contributed by atoms with Crippen molar-refractivity contribution in [2.24, 2.45) is 0 Å². The van der Waals surface area contributed by atoms with Crippen molar-refractivity contribution < 1.29 is 19.6 Å². The predicted octanol–water partition coefficient (Wildman–Crippen LogP) is 0.971. The molecule has 0 saturated carbocycles. The number of nitro groups is 1. The van der Waals surface area contributed by atoms with Gasteiger partial charge in [-0.15, -0.1) is 0 Å². The van der Waals surface area contributed by atoms with Crippen LogP contribution in [0.25, 0.3) is 0 Å². The number of ether oxygens (including phenoxy) is 1. The molecule has 0 saturated heterocycles. The first-order chi connectivity index (χ1) is 6.61. The Labute approximate surface area is 77.9 Å². The van der Waals surface area contributed by atoms with Crippen molar-refractivity contribution >= 4 is 11.7 Å². The molecular formula is C8H5NO5. The lowest BCUT2D eigenvalue weighted by Crippen LogP contribution is -1.97. The number of fused-ring (bicyclic) bond motifs is 1. The Morgan fingerprint density at radius 1 is 1.50 bits per heavy atom. The van der Waals surface area contributed by atoms with Gasteiger partial charge in [-0.05, 0) is 6.07 Å². The van der Waals surface area contributed by atoms with E-state index in [1.807, 2.05) is 0 Å². The maximum atomic E-state index is 11.1. The second kappa shape index (κ2) is 2.69. The number of hydrogen-bond acceptors (Lipinski definition) is 5. The Balaban J connectivity index is 2.67. The average Bonchev–Trinajstić information content (AvgIpc) is 2.48. The van der Waals surface area contributed by atoms with Crippen molar-refractivity contribution in [3.05, 3.63) is 33.4 Å². The summed E-state index contributed by atoms with van der Waals surface area (Å²) < 4.78 is 4.62. The summed E-state index contributed by atoms with van der Waals surface area (Å²) in [5.41, 5.74) is -0.111. The number of carbonyl (C=O) groups is 1. The van der Waals surface area contributed by atoms with E-state index in [0.717, 1.165) is 6.07 Å². The molecule has 0 aromatic heterocycles. The molecule has 0 unspecified atom stereocenters. The predicted molar refractivity (Wildman–Crippen MR) is 43.9 cm³/mol. The zero-order chi connectivity index (χ0) is 10.3. The largest absolute Gasteiger partial charge is 0.501 e. The van der Waals surface area contributed by atoms with Gasteiger partial charge in [0.15, 0.2) is 0 Å². The molecule has 0 atom stereocenters. The maximum absolute atomic E-state index is 11.1. The molecule has 0 fully saturated rings. The summed E-state index contributed by atoms with van der Waals surface area (Å²) in [4.78, 5) is 20.7. The van der Waals surface area contributed by atoms with Gasteiger partial charge in [-0.1, -0.05) is 0 Å². The van der Waals surface area contributed by atoms with Gasteiger partial charge in [0.1, 0.15) is 12.2 Å². The van der Waals surface area contributed by atoms with E-state index >= 15 is 0 Å². The summed E-state index contributed by atoms with van der Waals surface area (Å²) in [6.45, 7) is 0.0553. The van der Waals surface area contributed by atoms with E-state index in [1.165, 1.54) is 6.07 Å². The zero-order valence-corrected chi connectivity index (χ0v) is 6.89. The number of hydrogen-bond donors (Lipinski definition) is 1. The maximum Gasteiger partial charge on any atom is 0.342 e. The minimum absolute atomic E-state index is 0.0553. The first-order valence-corrected chi connectivity index (χ1v) is 3.77. The van der Waals surface area contributed by atoms with Crippen LogP contribution in [0, 0.1) is 10.1 Å². The number of nitrogens with zero attached hydrogens (tertiary/aromatic N) is 1. The van der Waals surface area contributed by atoms with E-state index in [1.54, 1.807) is 0 Å². The number of nitro benzene ring substituents is 1. The molecule has 0 radical (unpaired) electrons. The Morgan fingerprint density at radius 3 is 2.86 bits per heavy atom. The second-order valence-electron chi connectivity index (χ2n) is 2.80. The Hall–Kier alpha value is -2.11. The molecule has 0 amide bonds. The lowest BCUT2D eigenvalue weighted by Gasteiger charge is -1.98. The van der Waals surface area contributed by atoms with E-state index < -0.39 is 22.3 Å². The molecule has 1 N–H and O–H groups in total. The number of rotatable bonds is 1. The van der Waals surface area contributed by atoms with Gasteiger partial charge in [0.2, 0.25) is 5.75 Å². The molecule has 1 heterocycles. The van der Waals surface area contributed by atoms with E-state index in [4.69, 9.17) is 0 Å². The summed E-state index contributed by atoms with van der Waals surface area (Å²) in [6, 6.07) is 2.55. The fraction of sp³-hybridized carbons (Fsp3) is 0.125. The van der Waals surface area contributed by atoms with E-state index in [9.17, 15) is 20.0 Å².